The molecule has 1 aromatic rings. The first kappa shape index (κ1) is 9.18. The summed E-state index contributed by atoms with van der Waals surface area (Å²) < 4.78 is 1.83. The number of rotatable bonds is 2. The number of carboxylic acids is 1. The molecule has 1 aliphatic carbocycles. The number of carbonyl (C=O) groups is 1. The lowest BCUT2D eigenvalue weighted by atomic mass is 9.86. The molecule has 2 rings (SSSR count). The summed E-state index contributed by atoms with van der Waals surface area (Å²) in [6.07, 6.45) is 6.77. The van der Waals surface area contributed by atoms with Crippen molar-refractivity contribution in [3.8, 4) is 0 Å². The highest BCUT2D eigenvalue weighted by atomic mass is 16.4. The summed E-state index contributed by atoms with van der Waals surface area (Å²) in [5, 5.41) is 16.5. The first-order valence-corrected chi connectivity index (χ1v) is 4.86. The van der Waals surface area contributed by atoms with Crippen molar-refractivity contribution in [3.05, 3.63) is 12.4 Å². The molecule has 76 valence electrons. The van der Waals surface area contributed by atoms with Crippen molar-refractivity contribution < 1.29 is 9.90 Å². The molecule has 0 atom stereocenters. The summed E-state index contributed by atoms with van der Waals surface area (Å²) >= 11 is 0. The highest BCUT2D eigenvalue weighted by Crippen LogP contribution is 2.31. The molecule has 1 saturated carbocycles. The predicted octanol–water partition coefficient (Wildman–Crippen LogP) is 1.09. The summed E-state index contributed by atoms with van der Waals surface area (Å²) in [4.78, 5) is 10.7. The fourth-order valence-electron chi connectivity index (χ4n) is 2.00. The number of hydrogen-bond acceptors (Lipinski definition) is 3. The van der Waals surface area contributed by atoms with E-state index >= 15 is 0 Å². The molecule has 1 aromatic heterocycles. The summed E-state index contributed by atoms with van der Waals surface area (Å²) in [6, 6.07) is 0.341. The molecule has 1 heterocycles. The van der Waals surface area contributed by atoms with Gasteiger partial charge in [-0.15, -0.1) is 5.10 Å². The maximum atomic E-state index is 10.7. The Hall–Kier alpha value is -1.39. The van der Waals surface area contributed by atoms with Gasteiger partial charge in [0.05, 0.1) is 18.2 Å². The average Bonchev–Trinajstić information content (AvgIpc) is 2.71. The van der Waals surface area contributed by atoms with Gasteiger partial charge in [0.2, 0.25) is 0 Å². The topological polar surface area (TPSA) is 68.0 Å². The number of aromatic nitrogens is 3. The Morgan fingerprint density at radius 3 is 2.57 bits per heavy atom. The number of aliphatic carboxylic acids is 1. The predicted molar refractivity (Wildman–Crippen MR) is 48.7 cm³/mol. The molecule has 0 spiro atoms. The summed E-state index contributed by atoms with van der Waals surface area (Å²) in [7, 11) is 0. The molecule has 0 radical (unpaired) electrons. The average molecular weight is 195 g/mol. The zero-order valence-corrected chi connectivity index (χ0v) is 7.83. The Bertz CT molecular complexity index is 302. The van der Waals surface area contributed by atoms with Crippen molar-refractivity contribution >= 4 is 5.97 Å². The molecule has 0 amide bonds. The van der Waals surface area contributed by atoms with Gasteiger partial charge in [-0.2, -0.15) is 0 Å². The smallest absolute Gasteiger partial charge is 0.306 e. The van der Waals surface area contributed by atoms with Crippen LogP contribution in [0.25, 0.3) is 0 Å². The highest BCUT2D eigenvalue weighted by Gasteiger charge is 2.26. The van der Waals surface area contributed by atoms with Gasteiger partial charge < -0.3 is 5.11 Å². The Morgan fingerprint density at radius 2 is 2.07 bits per heavy atom. The largest absolute Gasteiger partial charge is 0.481 e. The standard InChI is InChI=1S/C9H13N3O2/c13-9(14)7-1-3-8(4-2-7)12-6-5-10-11-12/h5-8H,1-4H2,(H,13,14). The fourth-order valence-corrected chi connectivity index (χ4v) is 2.00. The number of hydrogen-bond donors (Lipinski definition) is 1. The Balaban J connectivity index is 1.93. The van der Waals surface area contributed by atoms with Crippen LogP contribution in [0.3, 0.4) is 0 Å². The van der Waals surface area contributed by atoms with Crippen molar-refractivity contribution in [3.63, 3.8) is 0 Å². The lowest BCUT2D eigenvalue weighted by molar-refractivity contribution is -0.143. The van der Waals surface area contributed by atoms with Gasteiger partial charge in [0, 0.05) is 6.20 Å². The summed E-state index contributed by atoms with van der Waals surface area (Å²) in [5.41, 5.74) is 0. The summed E-state index contributed by atoms with van der Waals surface area (Å²) in [6.45, 7) is 0. The quantitative estimate of drug-likeness (QED) is 0.767. The van der Waals surface area contributed by atoms with Gasteiger partial charge in [-0.25, -0.2) is 4.68 Å². The van der Waals surface area contributed by atoms with E-state index in [-0.39, 0.29) is 5.92 Å². The molecule has 1 fully saturated rings. The van der Waals surface area contributed by atoms with Crippen LogP contribution in [0.5, 0.6) is 0 Å². The molecule has 0 bridgehead atoms. The molecule has 5 heteroatoms. The molecule has 0 saturated heterocycles. The van der Waals surface area contributed by atoms with Crippen molar-refractivity contribution in [1.29, 1.82) is 0 Å². The van der Waals surface area contributed by atoms with Crippen molar-refractivity contribution in [2.45, 2.75) is 31.7 Å². The second-order valence-corrected chi connectivity index (χ2v) is 3.73. The van der Waals surface area contributed by atoms with E-state index in [2.05, 4.69) is 10.3 Å². The Morgan fingerprint density at radius 1 is 1.36 bits per heavy atom. The van der Waals surface area contributed by atoms with Crippen molar-refractivity contribution in [2.75, 3.05) is 0 Å². The Kier molecular flexibility index (Phi) is 2.47. The van der Waals surface area contributed by atoms with E-state index in [9.17, 15) is 4.79 Å². The third-order valence-corrected chi connectivity index (χ3v) is 2.86. The van der Waals surface area contributed by atoms with Gasteiger partial charge in [0.1, 0.15) is 0 Å². The van der Waals surface area contributed by atoms with Crippen LogP contribution in [0, 0.1) is 5.92 Å². The number of nitrogens with zero attached hydrogens (tertiary/aromatic N) is 3. The van der Waals surface area contributed by atoms with E-state index in [4.69, 9.17) is 5.11 Å². The van der Waals surface area contributed by atoms with E-state index in [1.54, 1.807) is 6.20 Å². The molecular formula is C9H13N3O2. The minimum atomic E-state index is -0.665. The van der Waals surface area contributed by atoms with Gasteiger partial charge in [0.15, 0.2) is 0 Å². The van der Waals surface area contributed by atoms with Gasteiger partial charge >= 0.3 is 5.97 Å². The van der Waals surface area contributed by atoms with Crippen LogP contribution in [0.15, 0.2) is 12.4 Å². The number of carboxylic acid groups (broad SMARTS) is 1. The minimum absolute atomic E-state index is 0.158. The zero-order valence-electron chi connectivity index (χ0n) is 7.83. The lowest BCUT2D eigenvalue weighted by Gasteiger charge is -2.25. The lowest BCUT2D eigenvalue weighted by Crippen LogP contribution is -2.23. The van der Waals surface area contributed by atoms with E-state index in [0.29, 0.717) is 6.04 Å². The maximum Gasteiger partial charge on any atom is 0.306 e. The van der Waals surface area contributed by atoms with Crippen molar-refractivity contribution in [1.82, 2.24) is 15.0 Å². The van der Waals surface area contributed by atoms with E-state index in [0.717, 1.165) is 25.7 Å². The van der Waals surface area contributed by atoms with Crippen LogP contribution in [0.4, 0.5) is 0 Å². The second-order valence-electron chi connectivity index (χ2n) is 3.73. The molecule has 14 heavy (non-hydrogen) atoms. The SMILES string of the molecule is O=C(O)C1CCC(n2ccnn2)CC1. The molecule has 1 N–H and O–H groups in total. The third kappa shape index (κ3) is 1.76. The van der Waals surface area contributed by atoms with E-state index in [1.807, 2.05) is 10.9 Å². The second kappa shape index (κ2) is 3.77. The van der Waals surface area contributed by atoms with Crippen molar-refractivity contribution in [2.24, 2.45) is 5.92 Å². The first-order chi connectivity index (χ1) is 6.77. The van der Waals surface area contributed by atoms with Gasteiger partial charge in [-0.05, 0) is 25.7 Å². The van der Waals surface area contributed by atoms with Gasteiger partial charge in [0.25, 0.3) is 0 Å². The third-order valence-electron chi connectivity index (χ3n) is 2.86. The molecule has 1 aliphatic rings. The normalized spacial score (nSPS) is 27.4. The monoisotopic (exact) mass is 195 g/mol. The van der Waals surface area contributed by atoms with E-state index in [1.165, 1.54) is 0 Å². The van der Waals surface area contributed by atoms with E-state index < -0.39 is 5.97 Å². The van der Waals surface area contributed by atoms with Crippen LogP contribution in [-0.2, 0) is 4.79 Å². The highest BCUT2D eigenvalue weighted by molar-refractivity contribution is 5.69. The van der Waals surface area contributed by atoms with Crippen LogP contribution < -0.4 is 0 Å². The maximum absolute atomic E-state index is 10.7. The zero-order chi connectivity index (χ0) is 9.97. The summed E-state index contributed by atoms with van der Waals surface area (Å²) in [5.74, 6) is -0.822. The van der Waals surface area contributed by atoms with Crippen LogP contribution in [0.2, 0.25) is 0 Å². The molecule has 0 aliphatic heterocycles. The molecule has 0 unspecified atom stereocenters. The first-order valence-electron chi connectivity index (χ1n) is 4.86. The fraction of sp³-hybridized carbons (Fsp3) is 0.667. The molecular weight excluding hydrogens is 182 g/mol. The minimum Gasteiger partial charge on any atom is -0.481 e. The van der Waals surface area contributed by atoms with Crippen LogP contribution >= 0.6 is 0 Å². The van der Waals surface area contributed by atoms with Crippen LogP contribution in [-0.4, -0.2) is 26.1 Å². The van der Waals surface area contributed by atoms with Crippen LogP contribution in [0.1, 0.15) is 31.7 Å². The Labute approximate surface area is 81.7 Å². The molecule has 0 aromatic carbocycles. The molecule has 5 nitrogen and oxygen atoms in total. The van der Waals surface area contributed by atoms with Gasteiger partial charge in [-0.3, -0.25) is 4.79 Å². The van der Waals surface area contributed by atoms with Gasteiger partial charge in [-0.1, -0.05) is 5.21 Å².